The summed E-state index contributed by atoms with van der Waals surface area (Å²) < 4.78 is 0. The average Bonchev–Trinajstić information content (AvgIpc) is 2.84. The molecule has 1 N–H and O–H groups in total. The Bertz CT molecular complexity index is 449. The van der Waals surface area contributed by atoms with Crippen LogP contribution in [0.25, 0.3) is 0 Å². The Kier molecular flexibility index (Phi) is 4.78. The molecule has 2 aliphatic rings. The molecule has 1 aliphatic heterocycles. The van der Waals surface area contributed by atoms with E-state index in [1.807, 2.05) is 0 Å². The van der Waals surface area contributed by atoms with Gasteiger partial charge in [-0.05, 0) is 26.0 Å². The molecule has 1 atom stereocenters. The Morgan fingerprint density at radius 3 is 2.84 bits per heavy atom. The van der Waals surface area contributed by atoms with Crippen molar-refractivity contribution >= 4 is 5.97 Å². The molecule has 4 nitrogen and oxygen atoms in total. The molecule has 0 amide bonds. The van der Waals surface area contributed by atoms with Crippen molar-refractivity contribution in [1.82, 2.24) is 9.80 Å². The van der Waals surface area contributed by atoms with Gasteiger partial charge in [0.1, 0.15) is 0 Å². The van der Waals surface area contributed by atoms with Crippen molar-refractivity contribution in [3.63, 3.8) is 0 Å². The highest BCUT2D eigenvalue weighted by Gasteiger charge is 2.24. The molecule has 2 rings (SSSR count). The molecule has 1 aliphatic carbocycles. The van der Waals surface area contributed by atoms with Crippen LogP contribution in [0.2, 0.25) is 0 Å². The fraction of sp³-hybridized carbons (Fsp3) is 0.533. The molecule has 0 spiro atoms. The van der Waals surface area contributed by atoms with Crippen molar-refractivity contribution < 1.29 is 9.90 Å². The Morgan fingerprint density at radius 1 is 1.42 bits per heavy atom. The van der Waals surface area contributed by atoms with E-state index in [2.05, 4.69) is 34.8 Å². The molecule has 0 radical (unpaired) electrons. The fourth-order valence-electron chi connectivity index (χ4n) is 2.50. The summed E-state index contributed by atoms with van der Waals surface area (Å²) in [6.45, 7) is 4.51. The second-order valence-electron chi connectivity index (χ2n) is 5.08. The molecule has 0 bridgehead atoms. The van der Waals surface area contributed by atoms with E-state index in [4.69, 9.17) is 5.11 Å². The second kappa shape index (κ2) is 6.55. The van der Waals surface area contributed by atoms with Crippen LogP contribution in [0.4, 0.5) is 0 Å². The van der Waals surface area contributed by atoms with Crippen LogP contribution in [0.3, 0.4) is 0 Å². The van der Waals surface area contributed by atoms with Crippen molar-refractivity contribution in [1.29, 1.82) is 0 Å². The number of rotatable bonds is 2. The molecule has 1 heterocycles. The number of aliphatic carboxylic acids is 1. The summed E-state index contributed by atoms with van der Waals surface area (Å²) in [5, 5.41) is 8.46. The summed E-state index contributed by atoms with van der Waals surface area (Å²) in [6, 6.07) is 0.515. The van der Waals surface area contributed by atoms with Crippen LogP contribution in [-0.4, -0.2) is 60.1 Å². The average molecular weight is 260 g/mol. The Morgan fingerprint density at radius 2 is 2.16 bits per heavy atom. The minimum atomic E-state index is -0.954. The lowest BCUT2D eigenvalue weighted by atomic mass is 10.2. The van der Waals surface area contributed by atoms with Crippen LogP contribution in [-0.2, 0) is 4.79 Å². The van der Waals surface area contributed by atoms with Crippen LogP contribution in [0.1, 0.15) is 12.8 Å². The molecule has 102 valence electrons. The predicted molar refractivity (Wildman–Crippen MR) is 74.7 cm³/mol. The molecule has 19 heavy (non-hydrogen) atoms. The SMILES string of the molecule is CN1CCN([C@H]2C=C(C#C/C=C\C(=O)O)CC2)CC1. The van der Waals surface area contributed by atoms with E-state index in [1.165, 1.54) is 6.08 Å². The van der Waals surface area contributed by atoms with E-state index in [1.54, 1.807) is 0 Å². The van der Waals surface area contributed by atoms with Gasteiger partial charge in [-0.25, -0.2) is 4.79 Å². The highest BCUT2D eigenvalue weighted by molar-refractivity contribution is 5.80. The van der Waals surface area contributed by atoms with Gasteiger partial charge in [0, 0.05) is 43.9 Å². The fourth-order valence-corrected chi connectivity index (χ4v) is 2.50. The third-order valence-corrected chi connectivity index (χ3v) is 3.65. The van der Waals surface area contributed by atoms with E-state index in [0.29, 0.717) is 6.04 Å². The molecule has 1 fully saturated rings. The molecule has 0 aromatic rings. The van der Waals surface area contributed by atoms with Crippen molar-refractivity contribution in [2.24, 2.45) is 0 Å². The first-order chi connectivity index (χ1) is 9.15. The van der Waals surface area contributed by atoms with Gasteiger partial charge in [0.05, 0.1) is 0 Å². The normalized spacial score (nSPS) is 25.1. The standard InChI is InChI=1S/C15H20N2O2/c1-16-8-10-17(11-9-16)14-7-6-13(12-14)4-2-3-5-15(18)19/h3,5,12,14H,6-11H2,1H3,(H,18,19)/b5-3-/t14-/m1/s1. The zero-order valence-corrected chi connectivity index (χ0v) is 11.3. The van der Waals surface area contributed by atoms with E-state index in [-0.39, 0.29) is 0 Å². The summed E-state index contributed by atoms with van der Waals surface area (Å²) in [4.78, 5) is 15.2. The van der Waals surface area contributed by atoms with Crippen molar-refractivity contribution in [3.8, 4) is 11.8 Å². The van der Waals surface area contributed by atoms with Gasteiger partial charge in [-0.3, -0.25) is 4.90 Å². The molecular weight excluding hydrogens is 240 g/mol. The van der Waals surface area contributed by atoms with E-state index in [9.17, 15) is 4.79 Å². The van der Waals surface area contributed by atoms with Crippen molar-refractivity contribution in [3.05, 3.63) is 23.8 Å². The largest absolute Gasteiger partial charge is 0.478 e. The maximum Gasteiger partial charge on any atom is 0.328 e. The predicted octanol–water partition coefficient (Wildman–Crippen LogP) is 0.967. The maximum atomic E-state index is 10.3. The van der Waals surface area contributed by atoms with Crippen LogP contribution in [0.5, 0.6) is 0 Å². The van der Waals surface area contributed by atoms with E-state index < -0.39 is 5.97 Å². The lowest BCUT2D eigenvalue weighted by molar-refractivity contribution is -0.131. The summed E-state index contributed by atoms with van der Waals surface area (Å²) in [5.41, 5.74) is 1.14. The minimum Gasteiger partial charge on any atom is -0.478 e. The van der Waals surface area contributed by atoms with Gasteiger partial charge in [0.25, 0.3) is 0 Å². The second-order valence-corrected chi connectivity index (χ2v) is 5.08. The minimum absolute atomic E-state index is 0.515. The molecule has 0 aromatic heterocycles. The van der Waals surface area contributed by atoms with Gasteiger partial charge in [-0.2, -0.15) is 0 Å². The van der Waals surface area contributed by atoms with Gasteiger partial charge in [0.2, 0.25) is 0 Å². The Balaban J connectivity index is 1.88. The number of hydrogen-bond acceptors (Lipinski definition) is 3. The number of carboxylic acid groups (broad SMARTS) is 1. The molecule has 1 saturated heterocycles. The molecule has 0 unspecified atom stereocenters. The Hall–Kier alpha value is -1.57. The highest BCUT2D eigenvalue weighted by atomic mass is 16.4. The van der Waals surface area contributed by atoms with Gasteiger partial charge < -0.3 is 10.0 Å². The maximum absolute atomic E-state index is 10.3. The lowest BCUT2D eigenvalue weighted by Crippen LogP contribution is -2.47. The number of carboxylic acids is 1. The van der Waals surface area contributed by atoms with Gasteiger partial charge in [-0.1, -0.05) is 17.9 Å². The first-order valence-electron chi connectivity index (χ1n) is 6.69. The van der Waals surface area contributed by atoms with Crippen molar-refractivity contribution in [2.45, 2.75) is 18.9 Å². The third kappa shape index (κ3) is 4.23. The number of allylic oxidation sites excluding steroid dienone is 2. The zero-order valence-electron chi connectivity index (χ0n) is 11.3. The quantitative estimate of drug-likeness (QED) is 0.593. The number of carbonyl (C=O) groups is 1. The van der Waals surface area contributed by atoms with Gasteiger partial charge in [0.15, 0.2) is 0 Å². The third-order valence-electron chi connectivity index (χ3n) is 3.65. The summed E-state index contributed by atoms with van der Waals surface area (Å²) in [5.74, 6) is 4.87. The van der Waals surface area contributed by atoms with Crippen molar-refractivity contribution in [2.75, 3.05) is 33.2 Å². The number of piperazine rings is 1. The number of hydrogen-bond donors (Lipinski definition) is 1. The van der Waals surface area contributed by atoms with Crippen LogP contribution >= 0.6 is 0 Å². The highest BCUT2D eigenvalue weighted by Crippen LogP contribution is 2.23. The van der Waals surface area contributed by atoms with Crippen LogP contribution in [0, 0.1) is 11.8 Å². The molecule has 4 heteroatoms. The van der Waals surface area contributed by atoms with E-state index in [0.717, 1.165) is 50.7 Å². The Labute approximate surface area is 114 Å². The number of nitrogens with zero attached hydrogens (tertiary/aromatic N) is 2. The summed E-state index contributed by atoms with van der Waals surface area (Å²) >= 11 is 0. The molecule has 0 saturated carbocycles. The zero-order chi connectivity index (χ0) is 13.7. The topological polar surface area (TPSA) is 43.8 Å². The molecule has 0 aromatic carbocycles. The first-order valence-corrected chi connectivity index (χ1v) is 6.69. The smallest absolute Gasteiger partial charge is 0.328 e. The molecular formula is C15H20N2O2. The van der Waals surface area contributed by atoms with Crippen LogP contribution < -0.4 is 0 Å². The summed E-state index contributed by atoms with van der Waals surface area (Å²) in [7, 11) is 2.16. The van der Waals surface area contributed by atoms with Gasteiger partial charge >= 0.3 is 5.97 Å². The van der Waals surface area contributed by atoms with Crippen LogP contribution in [0.15, 0.2) is 23.8 Å². The summed E-state index contributed by atoms with van der Waals surface area (Å²) in [6.07, 6.45) is 6.85. The number of likely N-dealkylation sites (N-methyl/N-ethyl adjacent to an activating group) is 1. The first kappa shape index (κ1) is 13.9. The lowest BCUT2D eigenvalue weighted by Gasteiger charge is -2.35. The van der Waals surface area contributed by atoms with Gasteiger partial charge in [-0.15, -0.1) is 0 Å². The monoisotopic (exact) mass is 260 g/mol. The van der Waals surface area contributed by atoms with E-state index >= 15 is 0 Å².